The zero-order valence-corrected chi connectivity index (χ0v) is 16.2. The van der Waals surface area contributed by atoms with Crippen LogP contribution in [-0.2, 0) is 0 Å². The quantitative estimate of drug-likeness (QED) is 0.747. The van der Waals surface area contributed by atoms with E-state index in [1.54, 1.807) is 18.2 Å². The first-order chi connectivity index (χ1) is 13.0. The second-order valence-electron chi connectivity index (χ2n) is 8.69. The lowest BCUT2D eigenvalue weighted by Gasteiger charge is -2.35. The number of carbonyl (C=O) groups excluding carboxylic acids is 3. The summed E-state index contributed by atoms with van der Waals surface area (Å²) in [5, 5.41) is 0. The first kappa shape index (κ1) is 18.2. The molecule has 1 saturated heterocycles. The van der Waals surface area contributed by atoms with Gasteiger partial charge in [0.05, 0.1) is 11.1 Å². The van der Waals surface area contributed by atoms with Gasteiger partial charge in [-0.2, -0.15) is 0 Å². The van der Waals surface area contributed by atoms with Crippen molar-refractivity contribution >= 4 is 17.7 Å². The number of benzene rings is 1. The molecule has 2 fully saturated rings. The van der Waals surface area contributed by atoms with Crippen LogP contribution >= 0.6 is 0 Å². The Morgan fingerprint density at radius 2 is 1.56 bits per heavy atom. The third-order valence-electron chi connectivity index (χ3n) is 6.26. The Balaban J connectivity index is 1.58. The first-order valence-electron chi connectivity index (χ1n) is 10.3. The van der Waals surface area contributed by atoms with Gasteiger partial charge >= 0.3 is 0 Å². The highest BCUT2D eigenvalue weighted by Crippen LogP contribution is 2.32. The van der Waals surface area contributed by atoms with Crippen molar-refractivity contribution in [3.63, 3.8) is 0 Å². The molecule has 0 radical (unpaired) electrons. The zero-order chi connectivity index (χ0) is 19.1. The lowest BCUT2D eigenvalue weighted by Crippen LogP contribution is -2.42. The molecule has 5 heteroatoms. The van der Waals surface area contributed by atoms with Gasteiger partial charge < -0.3 is 4.90 Å². The molecular weight excluding hydrogens is 340 g/mol. The van der Waals surface area contributed by atoms with Gasteiger partial charge in [-0.15, -0.1) is 0 Å². The topological polar surface area (TPSA) is 57.7 Å². The molecule has 1 aromatic rings. The van der Waals surface area contributed by atoms with Crippen LogP contribution in [0, 0.1) is 11.8 Å². The van der Waals surface area contributed by atoms with Crippen molar-refractivity contribution in [3.8, 4) is 0 Å². The van der Waals surface area contributed by atoms with Crippen molar-refractivity contribution in [1.82, 2.24) is 9.80 Å². The normalized spacial score (nSPS) is 26.4. The van der Waals surface area contributed by atoms with E-state index in [-0.39, 0.29) is 23.8 Å². The Bertz CT molecular complexity index is 772. The number of rotatable bonds is 2. The fraction of sp³-hybridized carbons (Fsp3) is 0.591. The second-order valence-corrected chi connectivity index (χ2v) is 8.69. The summed E-state index contributed by atoms with van der Waals surface area (Å²) in [6.45, 7) is 5.84. The third-order valence-corrected chi connectivity index (χ3v) is 6.26. The van der Waals surface area contributed by atoms with E-state index in [1.807, 2.05) is 4.90 Å². The Morgan fingerprint density at radius 1 is 0.926 bits per heavy atom. The van der Waals surface area contributed by atoms with Crippen molar-refractivity contribution in [1.29, 1.82) is 0 Å². The van der Waals surface area contributed by atoms with Gasteiger partial charge in [0.2, 0.25) is 0 Å². The predicted molar refractivity (Wildman–Crippen MR) is 103 cm³/mol. The highest BCUT2D eigenvalue weighted by Gasteiger charge is 2.40. The number of amides is 3. The van der Waals surface area contributed by atoms with Crippen LogP contribution in [0.3, 0.4) is 0 Å². The van der Waals surface area contributed by atoms with E-state index in [4.69, 9.17) is 0 Å². The Hall–Kier alpha value is -2.17. The van der Waals surface area contributed by atoms with Gasteiger partial charge in [0.25, 0.3) is 17.7 Å². The fourth-order valence-electron chi connectivity index (χ4n) is 5.07. The molecule has 27 heavy (non-hydrogen) atoms. The molecule has 0 N–H and O–H groups in total. The van der Waals surface area contributed by atoms with Crippen LogP contribution < -0.4 is 0 Å². The number of piperidine rings is 1. The summed E-state index contributed by atoms with van der Waals surface area (Å²) in [5.74, 6) is 0.514. The summed E-state index contributed by atoms with van der Waals surface area (Å²) in [4.78, 5) is 42.0. The van der Waals surface area contributed by atoms with Crippen LogP contribution in [0.1, 0.15) is 83.4 Å². The lowest BCUT2D eigenvalue weighted by atomic mass is 9.91. The average molecular weight is 368 g/mol. The summed E-state index contributed by atoms with van der Waals surface area (Å²) in [7, 11) is 0. The molecule has 0 bridgehead atoms. The van der Waals surface area contributed by atoms with Gasteiger partial charge in [0.15, 0.2) is 0 Å². The number of carbonyl (C=O) groups is 3. The van der Waals surface area contributed by atoms with Crippen molar-refractivity contribution in [2.24, 2.45) is 11.8 Å². The fourth-order valence-corrected chi connectivity index (χ4v) is 5.07. The molecule has 4 rings (SSSR count). The smallest absolute Gasteiger partial charge is 0.261 e. The Kier molecular flexibility index (Phi) is 4.79. The van der Waals surface area contributed by atoms with Crippen LogP contribution in [0.5, 0.6) is 0 Å². The first-order valence-corrected chi connectivity index (χ1v) is 10.3. The molecule has 2 heterocycles. The number of imide groups is 1. The minimum absolute atomic E-state index is 0.00842. The van der Waals surface area contributed by atoms with Gasteiger partial charge in [-0.25, -0.2) is 0 Å². The molecule has 0 spiro atoms. The molecular formula is C22H28N2O3. The van der Waals surface area contributed by atoms with E-state index in [0.717, 1.165) is 45.2 Å². The molecule has 0 aromatic heterocycles. The maximum Gasteiger partial charge on any atom is 0.261 e. The lowest BCUT2D eigenvalue weighted by molar-refractivity contribution is 0.0548. The molecule has 5 nitrogen and oxygen atoms in total. The summed E-state index contributed by atoms with van der Waals surface area (Å²) >= 11 is 0. The predicted octanol–water partition coefficient (Wildman–Crippen LogP) is 3.73. The molecule has 1 aromatic carbocycles. The number of fused-ring (bicyclic) bond motifs is 1. The number of hydrogen-bond donors (Lipinski definition) is 0. The van der Waals surface area contributed by atoms with Gasteiger partial charge in [-0.05, 0) is 49.3 Å². The molecule has 3 aliphatic rings. The molecule has 1 aliphatic carbocycles. The van der Waals surface area contributed by atoms with E-state index in [2.05, 4.69) is 13.8 Å². The monoisotopic (exact) mass is 368 g/mol. The van der Waals surface area contributed by atoms with Gasteiger partial charge in [-0.1, -0.05) is 33.1 Å². The molecule has 3 amide bonds. The third kappa shape index (κ3) is 3.28. The minimum Gasteiger partial charge on any atom is -0.338 e. The van der Waals surface area contributed by atoms with E-state index in [1.165, 1.54) is 11.3 Å². The summed E-state index contributed by atoms with van der Waals surface area (Å²) in [6, 6.07) is 5.03. The highest BCUT2D eigenvalue weighted by molar-refractivity contribution is 6.22. The van der Waals surface area contributed by atoms with Crippen molar-refractivity contribution in [3.05, 3.63) is 34.9 Å². The molecule has 2 aliphatic heterocycles. The highest BCUT2D eigenvalue weighted by atomic mass is 16.2. The van der Waals surface area contributed by atoms with Gasteiger partial charge in [0, 0.05) is 24.7 Å². The zero-order valence-electron chi connectivity index (χ0n) is 16.2. The largest absolute Gasteiger partial charge is 0.338 e. The van der Waals surface area contributed by atoms with Crippen LogP contribution in [0.25, 0.3) is 0 Å². The standard InChI is InChI=1S/C22H28N2O3/c1-14-10-15(2)13-23(12-14)20(25)16-8-9-18-19(11-16)22(27)24(21(18)26)17-6-4-3-5-7-17/h8-9,11,14-15,17H,3-7,10,12-13H2,1-2H3. The van der Waals surface area contributed by atoms with Crippen molar-refractivity contribution < 1.29 is 14.4 Å². The van der Waals surface area contributed by atoms with Gasteiger partial charge in [-0.3, -0.25) is 19.3 Å². The van der Waals surface area contributed by atoms with Gasteiger partial charge in [0.1, 0.15) is 0 Å². The second kappa shape index (κ2) is 7.10. The molecule has 1 saturated carbocycles. The van der Waals surface area contributed by atoms with E-state index in [9.17, 15) is 14.4 Å². The van der Waals surface area contributed by atoms with Crippen molar-refractivity contribution in [2.75, 3.05) is 13.1 Å². The number of likely N-dealkylation sites (tertiary alicyclic amines) is 1. The van der Waals surface area contributed by atoms with Crippen LogP contribution in [0.2, 0.25) is 0 Å². The SMILES string of the molecule is CC1CC(C)CN(C(=O)c2ccc3c(c2)C(=O)N(C2CCCCC2)C3=O)C1. The van der Waals surface area contributed by atoms with Crippen LogP contribution in [0.4, 0.5) is 0 Å². The van der Waals surface area contributed by atoms with Crippen LogP contribution in [-0.4, -0.2) is 46.7 Å². The number of nitrogens with zero attached hydrogens (tertiary/aromatic N) is 2. The average Bonchev–Trinajstić information content (AvgIpc) is 2.91. The summed E-state index contributed by atoms with van der Waals surface area (Å²) in [6.07, 6.45) is 6.21. The minimum atomic E-state index is -0.225. The number of hydrogen-bond acceptors (Lipinski definition) is 3. The Labute approximate surface area is 160 Å². The van der Waals surface area contributed by atoms with Crippen LogP contribution in [0.15, 0.2) is 18.2 Å². The van der Waals surface area contributed by atoms with Crippen molar-refractivity contribution in [2.45, 2.75) is 58.4 Å². The summed E-state index contributed by atoms with van der Waals surface area (Å²) in [5.41, 5.74) is 1.36. The Morgan fingerprint density at radius 3 is 2.22 bits per heavy atom. The maximum atomic E-state index is 13.0. The molecule has 2 atom stereocenters. The van der Waals surface area contributed by atoms with E-state index in [0.29, 0.717) is 28.5 Å². The summed E-state index contributed by atoms with van der Waals surface area (Å²) < 4.78 is 0. The van der Waals surface area contributed by atoms with E-state index < -0.39 is 0 Å². The molecule has 144 valence electrons. The molecule has 2 unspecified atom stereocenters. The van der Waals surface area contributed by atoms with E-state index >= 15 is 0 Å². The maximum absolute atomic E-state index is 13.0.